The summed E-state index contributed by atoms with van der Waals surface area (Å²) in [6.45, 7) is 7.03. The average Bonchev–Trinajstić information content (AvgIpc) is 2.45. The van der Waals surface area contributed by atoms with Gasteiger partial charge in [-0.05, 0) is 56.9 Å². The standard InChI is InChI=1S/C18H35NO/c1-3-7-15-10-11-18(20)16(13-15)14-19-12-6-5-9-17(19)8-4-2/h15-18,20H,3-14H2,1-2H3. The predicted octanol–water partition coefficient (Wildman–Crippen LogP) is 4.22. The minimum atomic E-state index is -0.0349. The van der Waals surface area contributed by atoms with E-state index in [1.54, 1.807) is 0 Å². The second kappa shape index (κ2) is 8.38. The quantitative estimate of drug-likeness (QED) is 0.788. The number of likely N-dealkylation sites (tertiary alicyclic amines) is 1. The van der Waals surface area contributed by atoms with Crippen LogP contribution in [0.2, 0.25) is 0 Å². The molecule has 0 amide bonds. The van der Waals surface area contributed by atoms with Crippen LogP contribution in [0.3, 0.4) is 0 Å². The van der Waals surface area contributed by atoms with E-state index in [0.29, 0.717) is 5.92 Å². The lowest BCUT2D eigenvalue weighted by Crippen LogP contribution is -2.45. The van der Waals surface area contributed by atoms with Crippen LogP contribution in [0.25, 0.3) is 0 Å². The maximum Gasteiger partial charge on any atom is 0.0580 e. The summed E-state index contributed by atoms with van der Waals surface area (Å²) in [6, 6.07) is 0.799. The Kier molecular flexibility index (Phi) is 6.83. The van der Waals surface area contributed by atoms with Gasteiger partial charge in [0.1, 0.15) is 0 Å². The Morgan fingerprint density at radius 1 is 1.00 bits per heavy atom. The van der Waals surface area contributed by atoms with E-state index in [1.807, 2.05) is 0 Å². The highest BCUT2D eigenvalue weighted by Gasteiger charge is 2.32. The van der Waals surface area contributed by atoms with Crippen molar-refractivity contribution in [2.24, 2.45) is 11.8 Å². The second-order valence-electron chi connectivity index (χ2n) is 7.23. The summed E-state index contributed by atoms with van der Waals surface area (Å²) in [6.07, 6.45) is 13.0. The molecule has 0 bridgehead atoms. The molecule has 4 atom stereocenters. The van der Waals surface area contributed by atoms with Gasteiger partial charge in [0.2, 0.25) is 0 Å². The van der Waals surface area contributed by atoms with Crippen LogP contribution >= 0.6 is 0 Å². The number of aliphatic hydroxyl groups excluding tert-OH is 1. The molecule has 1 heterocycles. The Morgan fingerprint density at radius 2 is 1.80 bits per heavy atom. The number of rotatable bonds is 6. The van der Waals surface area contributed by atoms with E-state index in [0.717, 1.165) is 24.9 Å². The SMILES string of the molecule is CCCC1CCC(O)C(CN2CCCCC2CCC)C1. The van der Waals surface area contributed by atoms with Crippen molar-refractivity contribution < 1.29 is 5.11 Å². The van der Waals surface area contributed by atoms with Crippen molar-refractivity contribution in [2.75, 3.05) is 13.1 Å². The molecule has 2 aliphatic rings. The number of hydrogen-bond acceptors (Lipinski definition) is 2. The van der Waals surface area contributed by atoms with Crippen LogP contribution in [0, 0.1) is 11.8 Å². The molecule has 2 nitrogen and oxygen atoms in total. The highest BCUT2D eigenvalue weighted by atomic mass is 16.3. The first-order valence-corrected chi connectivity index (χ1v) is 9.16. The van der Waals surface area contributed by atoms with Crippen LogP contribution in [-0.2, 0) is 0 Å². The number of piperidine rings is 1. The molecule has 1 saturated heterocycles. The molecule has 2 fully saturated rings. The normalized spacial score (nSPS) is 36.1. The average molecular weight is 281 g/mol. The van der Waals surface area contributed by atoms with Gasteiger partial charge in [-0.1, -0.05) is 39.5 Å². The largest absolute Gasteiger partial charge is 0.393 e. The lowest BCUT2D eigenvalue weighted by atomic mass is 9.77. The summed E-state index contributed by atoms with van der Waals surface area (Å²) < 4.78 is 0. The minimum absolute atomic E-state index is 0.0349. The van der Waals surface area contributed by atoms with Gasteiger partial charge in [-0.25, -0.2) is 0 Å². The summed E-state index contributed by atoms with van der Waals surface area (Å²) in [5.41, 5.74) is 0. The van der Waals surface area contributed by atoms with Gasteiger partial charge in [-0.3, -0.25) is 0 Å². The van der Waals surface area contributed by atoms with Gasteiger partial charge in [0.25, 0.3) is 0 Å². The van der Waals surface area contributed by atoms with Gasteiger partial charge in [0.15, 0.2) is 0 Å². The molecule has 0 aromatic rings. The zero-order valence-electron chi connectivity index (χ0n) is 13.7. The van der Waals surface area contributed by atoms with Crippen LogP contribution in [0.15, 0.2) is 0 Å². The predicted molar refractivity (Wildman–Crippen MR) is 85.9 cm³/mol. The molecule has 1 N–H and O–H groups in total. The van der Waals surface area contributed by atoms with Crippen molar-refractivity contribution in [2.45, 2.75) is 90.2 Å². The van der Waals surface area contributed by atoms with Gasteiger partial charge in [-0.2, -0.15) is 0 Å². The number of hydrogen-bond donors (Lipinski definition) is 1. The van der Waals surface area contributed by atoms with Crippen molar-refractivity contribution in [1.82, 2.24) is 4.90 Å². The van der Waals surface area contributed by atoms with Crippen LogP contribution in [0.5, 0.6) is 0 Å². The molecule has 0 radical (unpaired) electrons. The van der Waals surface area contributed by atoms with Crippen LogP contribution in [-0.4, -0.2) is 35.2 Å². The Bertz CT molecular complexity index is 266. The Labute approximate surface area is 125 Å². The van der Waals surface area contributed by atoms with Crippen LogP contribution < -0.4 is 0 Å². The molecule has 0 spiro atoms. The maximum absolute atomic E-state index is 10.4. The van der Waals surface area contributed by atoms with Gasteiger partial charge in [0.05, 0.1) is 6.10 Å². The zero-order chi connectivity index (χ0) is 14.4. The smallest absolute Gasteiger partial charge is 0.0580 e. The van der Waals surface area contributed by atoms with Crippen molar-refractivity contribution in [3.63, 3.8) is 0 Å². The molecule has 1 saturated carbocycles. The van der Waals surface area contributed by atoms with E-state index in [9.17, 15) is 5.11 Å². The molecular formula is C18H35NO. The molecule has 1 aliphatic carbocycles. The van der Waals surface area contributed by atoms with E-state index in [-0.39, 0.29) is 6.10 Å². The van der Waals surface area contributed by atoms with E-state index >= 15 is 0 Å². The lowest BCUT2D eigenvalue weighted by molar-refractivity contribution is 0.00929. The lowest BCUT2D eigenvalue weighted by Gasteiger charge is -2.41. The summed E-state index contributed by atoms with van der Waals surface area (Å²) in [4.78, 5) is 2.72. The van der Waals surface area contributed by atoms with E-state index in [4.69, 9.17) is 0 Å². The van der Waals surface area contributed by atoms with Crippen molar-refractivity contribution in [3.05, 3.63) is 0 Å². The molecule has 1 aliphatic heterocycles. The third kappa shape index (κ3) is 4.46. The van der Waals surface area contributed by atoms with Crippen molar-refractivity contribution in [3.8, 4) is 0 Å². The maximum atomic E-state index is 10.4. The summed E-state index contributed by atoms with van der Waals surface area (Å²) >= 11 is 0. The van der Waals surface area contributed by atoms with Gasteiger partial charge < -0.3 is 10.0 Å². The van der Waals surface area contributed by atoms with E-state index in [1.165, 1.54) is 64.3 Å². The van der Waals surface area contributed by atoms with Crippen molar-refractivity contribution in [1.29, 1.82) is 0 Å². The fourth-order valence-corrected chi connectivity index (χ4v) is 4.47. The first-order valence-electron chi connectivity index (χ1n) is 9.16. The molecule has 0 aromatic carbocycles. The Hall–Kier alpha value is -0.0800. The summed E-state index contributed by atoms with van der Waals surface area (Å²) in [5.74, 6) is 1.42. The molecule has 2 heteroatoms. The van der Waals surface area contributed by atoms with E-state index in [2.05, 4.69) is 18.7 Å². The number of aliphatic hydroxyl groups is 1. The molecule has 4 unspecified atom stereocenters. The third-order valence-electron chi connectivity index (χ3n) is 5.59. The van der Waals surface area contributed by atoms with Gasteiger partial charge in [-0.15, -0.1) is 0 Å². The summed E-state index contributed by atoms with van der Waals surface area (Å²) in [7, 11) is 0. The second-order valence-corrected chi connectivity index (χ2v) is 7.23. The first kappa shape index (κ1) is 16.3. The molecular weight excluding hydrogens is 246 g/mol. The molecule has 118 valence electrons. The Morgan fingerprint density at radius 3 is 2.55 bits per heavy atom. The van der Waals surface area contributed by atoms with E-state index < -0.39 is 0 Å². The van der Waals surface area contributed by atoms with Crippen molar-refractivity contribution >= 4 is 0 Å². The zero-order valence-corrected chi connectivity index (χ0v) is 13.7. The fourth-order valence-electron chi connectivity index (χ4n) is 4.47. The minimum Gasteiger partial charge on any atom is -0.393 e. The number of nitrogens with zero attached hydrogens (tertiary/aromatic N) is 1. The fraction of sp³-hybridized carbons (Fsp3) is 1.00. The molecule has 0 aromatic heterocycles. The third-order valence-corrected chi connectivity index (χ3v) is 5.59. The van der Waals surface area contributed by atoms with Crippen LogP contribution in [0.1, 0.15) is 78.1 Å². The van der Waals surface area contributed by atoms with Gasteiger partial charge >= 0.3 is 0 Å². The van der Waals surface area contributed by atoms with Gasteiger partial charge in [0, 0.05) is 12.6 Å². The highest BCUT2D eigenvalue weighted by molar-refractivity contribution is 4.85. The monoisotopic (exact) mass is 281 g/mol. The molecule has 20 heavy (non-hydrogen) atoms. The highest BCUT2D eigenvalue weighted by Crippen LogP contribution is 2.34. The van der Waals surface area contributed by atoms with Crippen LogP contribution in [0.4, 0.5) is 0 Å². The summed E-state index contributed by atoms with van der Waals surface area (Å²) in [5, 5.41) is 10.4. The molecule has 2 rings (SSSR count). The first-order chi connectivity index (χ1) is 9.74. The Balaban J connectivity index is 1.88. The topological polar surface area (TPSA) is 23.5 Å².